The zero-order chi connectivity index (χ0) is 17.5. The SMILES string of the molecule is Cc1ccc2c(c1)CCCN2S(=O)(=O)c1cccc(C(F)(F)F)c1. The summed E-state index contributed by atoms with van der Waals surface area (Å²) in [5, 5.41) is 0. The number of hydrogen-bond donors (Lipinski definition) is 0. The second-order valence-corrected chi connectivity index (χ2v) is 7.70. The van der Waals surface area contributed by atoms with Gasteiger partial charge in [0, 0.05) is 6.54 Å². The molecule has 0 N–H and O–H groups in total. The van der Waals surface area contributed by atoms with E-state index >= 15 is 0 Å². The van der Waals surface area contributed by atoms with Crippen molar-refractivity contribution in [3.05, 3.63) is 59.2 Å². The predicted octanol–water partition coefficient (Wildman–Crippen LogP) is 4.16. The Bertz CT molecular complexity index is 876. The fraction of sp³-hybridized carbons (Fsp3) is 0.294. The number of alkyl halides is 3. The Morgan fingerprint density at radius 3 is 2.54 bits per heavy atom. The molecule has 0 radical (unpaired) electrons. The highest BCUT2D eigenvalue weighted by atomic mass is 32.2. The first-order chi connectivity index (χ1) is 11.2. The lowest BCUT2D eigenvalue weighted by atomic mass is 10.0. The number of rotatable bonds is 2. The minimum absolute atomic E-state index is 0.259. The summed E-state index contributed by atoms with van der Waals surface area (Å²) in [4.78, 5) is -0.342. The van der Waals surface area contributed by atoms with E-state index in [1.165, 1.54) is 10.4 Å². The number of fused-ring (bicyclic) bond motifs is 1. The lowest BCUT2D eigenvalue weighted by Crippen LogP contribution is -2.35. The lowest BCUT2D eigenvalue weighted by molar-refractivity contribution is -0.137. The molecule has 128 valence electrons. The molecule has 0 atom stereocenters. The molecule has 24 heavy (non-hydrogen) atoms. The van der Waals surface area contributed by atoms with Crippen LogP contribution in [-0.2, 0) is 22.6 Å². The average molecular weight is 355 g/mol. The van der Waals surface area contributed by atoms with E-state index in [9.17, 15) is 21.6 Å². The molecule has 0 bridgehead atoms. The number of sulfonamides is 1. The molecule has 0 aromatic heterocycles. The maximum atomic E-state index is 12.9. The molecule has 0 saturated carbocycles. The van der Waals surface area contributed by atoms with E-state index in [-0.39, 0.29) is 11.4 Å². The molecular formula is C17H16F3NO2S. The quantitative estimate of drug-likeness (QED) is 0.811. The van der Waals surface area contributed by atoms with Crippen molar-refractivity contribution in [3.63, 3.8) is 0 Å². The molecule has 0 saturated heterocycles. The summed E-state index contributed by atoms with van der Waals surface area (Å²) in [5.74, 6) is 0. The van der Waals surface area contributed by atoms with Crippen LogP contribution in [-0.4, -0.2) is 15.0 Å². The Kier molecular flexibility index (Phi) is 4.07. The topological polar surface area (TPSA) is 37.4 Å². The maximum absolute atomic E-state index is 12.9. The summed E-state index contributed by atoms with van der Waals surface area (Å²) in [5.41, 5.74) is 1.50. The van der Waals surface area contributed by atoms with Gasteiger partial charge in [-0.1, -0.05) is 23.8 Å². The minimum atomic E-state index is -4.58. The van der Waals surface area contributed by atoms with Crippen LogP contribution in [0.15, 0.2) is 47.4 Å². The fourth-order valence-corrected chi connectivity index (χ4v) is 4.49. The fourth-order valence-electron chi connectivity index (χ4n) is 2.90. The van der Waals surface area contributed by atoms with E-state index < -0.39 is 21.8 Å². The van der Waals surface area contributed by atoms with Gasteiger partial charge in [-0.3, -0.25) is 4.31 Å². The Hall–Kier alpha value is -2.02. The van der Waals surface area contributed by atoms with Crippen LogP contribution in [0.3, 0.4) is 0 Å². The second-order valence-electron chi connectivity index (χ2n) is 5.84. The van der Waals surface area contributed by atoms with Crippen LogP contribution in [0.2, 0.25) is 0 Å². The van der Waals surface area contributed by atoms with Crippen LogP contribution in [0.25, 0.3) is 0 Å². The van der Waals surface area contributed by atoms with Crippen molar-refractivity contribution < 1.29 is 21.6 Å². The van der Waals surface area contributed by atoms with Gasteiger partial charge in [-0.2, -0.15) is 13.2 Å². The molecular weight excluding hydrogens is 339 g/mol. The Labute approximate surface area is 138 Å². The molecule has 0 spiro atoms. The number of benzene rings is 2. The Morgan fingerprint density at radius 2 is 1.83 bits per heavy atom. The highest BCUT2D eigenvalue weighted by Crippen LogP contribution is 2.35. The zero-order valence-electron chi connectivity index (χ0n) is 13.0. The third-order valence-corrected chi connectivity index (χ3v) is 5.87. The van der Waals surface area contributed by atoms with Gasteiger partial charge in [0.05, 0.1) is 16.1 Å². The third-order valence-electron chi connectivity index (χ3n) is 4.06. The standard InChI is InChI=1S/C17H16F3NO2S/c1-12-7-8-16-13(10-12)4-3-9-21(16)24(22,23)15-6-2-5-14(11-15)17(18,19)20/h2,5-8,10-11H,3-4,9H2,1H3. The van der Waals surface area contributed by atoms with Crippen LogP contribution in [0, 0.1) is 6.92 Å². The molecule has 2 aromatic carbocycles. The normalized spacial score (nSPS) is 15.2. The number of anilines is 1. The highest BCUT2D eigenvalue weighted by molar-refractivity contribution is 7.92. The molecule has 2 aromatic rings. The lowest BCUT2D eigenvalue weighted by Gasteiger charge is -2.31. The first-order valence-corrected chi connectivity index (χ1v) is 8.93. The molecule has 0 fully saturated rings. The van der Waals surface area contributed by atoms with Gasteiger partial charge in [0.15, 0.2) is 0 Å². The Balaban J connectivity index is 2.07. The van der Waals surface area contributed by atoms with Gasteiger partial charge in [-0.25, -0.2) is 8.42 Å². The van der Waals surface area contributed by atoms with Crippen molar-refractivity contribution >= 4 is 15.7 Å². The second kappa shape index (κ2) is 5.81. The van der Waals surface area contributed by atoms with Gasteiger partial charge in [0.25, 0.3) is 10.0 Å². The summed E-state index contributed by atoms with van der Waals surface area (Å²) in [6.45, 7) is 2.18. The number of halogens is 3. The van der Waals surface area contributed by atoms with E-state index in [4.69, 9.17) is 0 Å². The zero-order valence-corrected chi connectivity index (χ0v) is 13.8. The van der Waals surface area contributed by atoms with E-state index in [1.807, 2.05) is 13.0 Å². The summed E-state index contributed by atoms with van der Waals surface area (Å²) in [6.07, 6.45) is -3.19. The van der Waals surface area contributed by atoms with Crippen LogP contribution in [0.4, 0.5) is 18.9 Å². The molecule has 3 rings (SSSR count). The molecule has 1 heterocycles. The molecule has 7 heteroatoms. The average Bonchev–Trinajstić information content (AvgIpc) is 2.53. The van der Waals surface area contributed by atoms with Gasteiger partial charge >= 0.3 is 6.18 Å². The summed E-state index contributed by atoms with van der Waals surface area (Å²) in [6, 6.07) is 9.32. The van der Waals surface area contributed by atoms with Crippen molar-refractivity contribution in [2.45, 2.75) is 30.8 Å². The highest BCUT2D eigenvalue weighted by Gasteiger charge is 2.34. The molecule has 0 amide bonds. The molecule has 1 aliphatic rings. The van der Waals surface area contributed by atoms with Gasteiger partial charge < -0.3 is 0 Å². The van der Waals surface area contributed by atoms with Gasteiger partial charge in [0.1, 0.15) is 0 Å². The van der Waals surface area contributed by atoms with Crippen molar-refractivity contribution in [1.29, 1.82) is 0 Å². The summed E-state index contributed by atoms with van der Waals surface area (Å²) >= 11 is 0. The monoisotopic (exact) mass is 355 g/mol. The van der Waals surface area contributed by atoms with E-state index in [0.29, 0.717) is 18.2 Å². The first kappa shape index (κ1) is 16.8. The van der Waals surface area contributed by atoms with Gasteiger partial charge in [0.2, 0.25) is 0 Å². The van der Waals surface area contributed by atoms with Crippen LogP contribution in [0.5, 0.6) is 0 Å². The largest absolute Gasteiger partial charge is 0.416 e. The smallest absolute Gasteiger partial charge is 0.266 e. The van der Waals surface area contributed by atoms with Crippen LogP contribution < -0.4 is 4.31 Å². The van der Waals surface area contributed by atoms with E-state index in [2.05, 4.69) is 0 Å². The number of hydrogen-bond acceptors (Lipinski definition) is 2. The van der Waals surface area contributed by atoms with Gasteiger partial charge in [-0.05, 0) is 49.6 Å². The van der Waals surface area contributed by atoms with Crippen LogP contribution in [0.1, 0.15) is 23.1 Å². The summed E-state index contributed by atoms with van der Waals surface area (Å²) < 4.78 is 65.6. The third kappa shape index (κ3) is 3.00. The number of nitrogens with zero attached hydrogens (tertiary/aromatic N) is 1. The van der Waals surface area contributed by atoms with Crippen LogP contribution >= 0.6 is 0 Å². The van der Waals surface area contributed by atoms with E-state index in [0.717, 1.165) is 29.7 Å². The predicted molar refractivity (Wildman–Crippen MR) is 85.5 cm³/mol. The summed E-state index contributed by atoms with van der Waals surface area (Å²) in [7, 11) is -4.04. The van der Waals surface area contributed by atoms with Crippen molar-refractivity contribution in [2.24, 2.45) is 0 Å². The van der Waals surface area contributed by atoms with Crippen molar-refractivity contribution in [1.82, 2.24) is 0 Å². The van der Waals surface area contributed by atoms with Gasteiger partial charge in [-0.15, -0.1) is 0 Å². The Morgan fingerprint density at radius 1 is 1.08 bits per heavy atom. The van der Waals surface area contributed by atoms with E-state index in [1.54, 1.807) is 12.1 Å². The molecule has 3 nitrogen and oxygen atoms in total. The first-order valence-electron chi connectivity index (χ1n) is 7.49. The molecule has 0 unspecified atom stereocenters. The number of aryl methyl sites for hydroxylation is 2. The molecule has 0 aliphatic carbocycles. The maximum Gasteiger partial charge on any atom is 0.416 e. The van der Waals surface area contributed by atoms with Crippen molar-refractivity contribution in [3.8, 4) is 0 Å². The molecule has 1 aliphatic heterocycles. The van der Waals surface area contributed by atoms with Crippen molar-refractivity contribution in [2.75, 3.05) is 10.8 Å². The minimum Gasteiger partial charge on any atom is -0.266 e.